The summed E-state index contributed by atoms with van der Waals surface area (Å²) in [6.45, 7) is 0.956. The number of rotatable bonds is 4. The number of benzene rings is 1. The number of halogens is 4. The van der Waals surface area contributed by atoms with Gasteiger partial charge in [0.05, 0.1) is 0 Å². The Bertz CT molecular complexity index is 1140. The molecule has 0 unspecified atom stereocenters. The van der Waals surface area contributed by atoms with E-state index in [1.165, 1.54) is 11.9 Å². The van der Waals surface area contributed by atoms with Gasteiger partial charge in [0, 0.05) is 24.3 Å². The van der Waals surface area contributed by atoms with Crippen molar-refractivity contribution in [3.05, 3.63) is 75.7 Å². The largest absolute Gasteiger partial charge is 0.435 e. The minimum Gasteiger partial charge on any atom is -0.337 e. The lowest BCUT2D eigenvalue weighted by atomic mass is 10.00. The number of aromatic nitrogens is 5. The fourth-order valence-corrected chi connectivity index (χ4v) is 3.25. The zero-order chi connectivity index (χ0) is 21.3. The third kappa shape index (κ3) is 4.38. The Kier molecular flexibility index (Phi) is 5.33. The maximum atomic E-state index is 12.6. The summed E-state index contributed by atoms with van der Waals surface area (Å²) < 4.78 is 40.0. The van der Waals surface area contributed by atoms with Gasteiger partial charge in [-0.15, -0.1) is 0 Å². The van der Waals surface area contributed by atoms with Crippen LogP contribution in [0.2, 0.25) is 5.02 Å². The van der Waals surface area contributed by atoms with Crippen molar-refractivity contribution in [2.24, 2.45) is 0 Å². The Morgan fingerprint density at radius 1 is 1.13 bits per heavy atom. The fraction of sp³-hybridized carbons (Fsp3) is 0.263. The number of alkyl halides is 3. The maximum Gasteiger partial charge on any atom is 0.435 e. The second kappa shape index (κ2) is 7.94. The molecule has 0 saturated heterocycles. The van der Waals surface area contributed by atoms with Crippen LogP contribution in [0.15, 0.2) is 53.7 Å². The van der Waals surface area contributed by atoms with Crippen molar-refractivity contribution in [3.63, 3.8) is 0 Å². The van der Waals surface area contributed by atoms with Gasteiger partial charge >= 0.3 is 11.9 Å². The van der Waals surface area contributed by atoms with Crippen molar-refractivity contribution in [2.45, 2.75) is 19.3 Å². The molecule has 0 aliphatic carbocycles. The van der Waals surface area contributed by atoms with Crippen LogP contribution in [-0.4, -0.2) is 37.4 Å². The van der Waals surface area contributed by atoms with Crippen LogP contribution in [0.3, 0.4) is 0 Å². The predicted octanol–water partition coefficient (Wildman–Crippen LogP) is 3.31. The van der Waals surface area contributed by atoms with Gasteiger partial charge in [0.15, 0.2) is 5.69 Å². The van der Waals surface area contributed by atoms with Crippen molar-refractivity contribution < 1.29 is 13.2 Å². The van der Waals surface area contributed by atoms with E-state index in [1.54, 1.807) is 0 Å². The first-order valence-electron chi connectivity index (χ1n) is 9.04. The molecule has 1 aliphatic rings. The van der Waals surface area contributed by atoms with Gasteiger partial charge in [-0.05, 0) is 35.8 Å². The molecule has 30 heavy (non-hydrogen) atoms. The van der Waals surface area contributed by atoms with Gasteiger partial charge in [-0.3, -0.25) is 9.25 Å². The molecule has 1 aliphatic heterocycles. The van der Waals surface area contributed by atoms with Gasteiger partial charge in [0.25, 0.3) is 0 Å². The van der Waals surface area contributed by atoms with Gasteiger partial charge in [-0.25, -0.2) is 9.78 Å². The van der Waals surface area contributed by atoms with E-state index in [0.29, 0.717) is 18.1 Å². The van der Waals surface area contributed by atoms with Gasteiger partial charge in [0.2, 0.25) is 5.95 Å². The molecule has 0 amide bonds. The molecule has 0 radical (unpaired) electrons. The molecule has 4 rings (SSSR count). The second-order valence-corrected chi connectivity index (χ2v) is 7.16. The number of nitrogens with zero attached hydrogens (tertiary/aromatic N) is 6. The van der Waals surface area contributed by atoms with Crippen LogP contribution in [0.4, 0.5) is 19.1 Å². The number of hydrogen-bond acceptors (Lipinski definition) is 5. The first kappa shape index (κ1) is 20.1. The fourth-order valence-electron chi connectivity index (χ4n) is 3.12. The van der Waals surface area contributed by atoms with E-state index in [1.807, 2.05) is 35.2 Å². The minimum absolute atomic E-state index is 0.212. The van der Waals surface area contributed by atoms with E-state index in [4.69, 9.17) is 11.6 Å². The summed E-state index contributed by atoms with van der Waals surface area (Å²) >= 11 is 5.92. The highest BCUT2D eigenvalue weighted by molar-refractivity contribution is 6.30. The smallest absolute Gasteiger partial charge is 0.337 e. The molecule has 7 nitrogen and oxygen atoms in total. The lowest BCUT2D eigenvalue weighted by Crippen LogP contribution is -2.34. The molecular weight excluding hydrogens is 421 g/mol. The molecule has 2 aromatic heterocycles. The molecule has 0 saturated carbocycles. The van der Waals surface area contributed by atoms with Crippen LogP contribution in [0.1, 0.15) is 17.7 Å². The average molecular weight is 437 g/mol. The summed E-state index contributed by atoms with van der Waals surface area (Å²) in [6, 6.07) is 8.44. The van der Waals surface area contributed by atoms with Crippen LogP contribution in [0.5, 0.6) is 0 Å². The van der Waals surface area contributed by atoms with Gasteiger partial charge in [-0.2, -0.15) is 23.3 Å². The Hall–Kier alpha value is -3.14. The van der Waals surface area contributed by atoms with Crippen LogP contribution in [0, 0.1) is 0 Å². The summed E-state index contributed by atoms with van der Waals surface area (Å²) in [5, 5.41) is 4.10. The van der Waals surface area contributed by atoms with E-state index in [2.05, 4.69) is 15.1 Å². The van der Waals surface area contributed by atoms with Crippen molar-refractivity contribution >= 4 is 23.1 Å². The standard InChI is InChI=1S/C19H16ClF3N6O/c20-15-3-1-13(2-4-15)14-5-8-27(9-6-14)17-24-11-28(18(30)25-17)12-29-10-7-16(26-29)19(21,22)23/h1-5,7,10-11H,6,8-9,12H2. The Labute approximate surface area is 174 Å². The van der Waals surface area contributed by atoms with Crippen LogP contribution < -0.4 is 10.6 Å². The van der Waals surface area contributed by atoms with Gasteiger partial charge < -0.3 is 4.90 Å². The monoisotopic (exact) mass is 436 g/mol. The summed E-state index contributed by atoms with van der Waals surface area (Å²) in [4.78, 5) is 22.3. The highest BCUT2D eigenvalue weighted by Crippen LogP contribution is 2.27. The molecule has 1 aromatic carbocycles. The molecule has 0 fully saturated rings. The van der Waals surface area contributed by atoms with Crippen LogP contribution >= 0.6 is 11.6 Å². The normalized spacial score (nSPS) is 14.7. The quantitative estimate of drug-likeness (QED) is 0.627. The molecule has 0 N–H and O–H groups in total. The van der Waals surface area contributed by atoms with E-state index in [0.717, 1.165) is 33.5 Å². The van der Waals surface area contributed by atoms with Gasteiger partial charge in [-0.1, -0.05) is 29.8 Å². The summed E-state index contributed by atoms with van der Waals surface area (Å²) in [6.07, 6.45) is 0.670. The lowest BCUT2D eigenvalue weighted by Gasteiger charge is -2.26. The average Bonchev–Trinajstić information content (AvgIpc) is 3.20. The highest BCUT2D eigenvalue weighted by atomic mass is 35.5. The Morgan fingerprint density at radius 2 is 1.90 bits per heavy atom. The summed E-state index contributed by atoms with van der Waals surface area (Å²) in [5.41, 5.74) is 0.629. The Morgan fingerprint density at radius 3 is 2.50 bits per heavy atom. The zero-order valence-corrected chi connectivity index (χ0v) is 16.3. The molecule has 0 bridgehead atoms. The molecular formula is C19H16ClF3N6O. The van der Waals surface area contributed by atoms with E-state index in [-0.39, 0.29) is 12.6 Å². The third-order valence-corrected chi connectivity index (χ3v) is 4.94. The SMILES string of the molecule is O=c1nc(N2CC=C(c3ccc(Cl)cc3)CC2)ncn1Cn1ccc(C(F)(F)F)n1. The first-order chi connectivity index (χ1) is 14.3. The molecule has 0 atom stereocenters. The molecule has 0 spiro atoms. The molecule has 3 aromatic rings. The maximum absolute atomic E-state index is 12.6. The zero-order valence-electron chi connectivity index (χ0n) is 15.6. The predicted molar refractivity (Wildman–Crippen MR) is 105 cm³/mol. The van der Waals surface area contributed by atoms with Crippen LogP contribution in [-0.2, 0) is 12.8 Å². The second-order valence-electron chi connectivity index (χ2n) is 6.72. The summed E-state index contributed by atoms with van der Waals surface area (Å²) in [5.74, 6) is 0.277. The molecule has 3 heterocycles. The summed E-state index contributed by atoms with van der Waals surface area (Å²) in [7, 11) is 0. The van der Waals surface area contributed by atoms with Crippen molar-refractivity contribution in [1.82, 2.24) is 24.3 Å². The lowest BCUT2D eigenvalue weighted by molar-refractivity contribution is -0.141. The minimum atomic E-state index is -4.54. The van der Waals surface area contributed by atoms with E-state index in [9.17, 15) is 18.0 Å². The van der Waals surface area contributed by atoms with E-state index < -0.39 is 17.6 Å². The van der Waals surface area contributed by atoms with Crippen molar-refractivity contribution in [2.75, 3.05) is 18.0 Å². The van der Waals surface area contributed by atoms with Gasteiger partial charge in [0.1, 0.15) is 13.0 Å². The highest BCUT2D eigenvalue weighted by Gasteiger charge is 2.33. The first-order valence-corrected chi connectivity index (χ1v) is 9.41. The number of hydrogen-bond donors (Lipinski definition) is 0. The Balaban J connectivity index is 1.45. The number of anilines is 1. The van der Waals surface area contributed by atoms with Crippen molar-refractivity contribution in [3.8, 4) is 0 Å². The van der Waals surface area contributed by atoms with Crippen molar-refractivity contribution in [1.29, 1.82) is 0 Å². The molecule has 11 heteroatoms. The topological polar surface area (TPSA) is 68.8 Å². The van der Waals surface area contributed by atoms with Crippen LogP contribution in [0.25, 0.3) is 5.57 Å². The van der Waals surface area contributed by atoms with E-state index >= 15 is 0 Å². The third-order valence-electron chi connectivity index (χ3n) is 4.69. The molecule has 156 valence electrons.